The Hall–Kier alpha value is -0.390. The standard InChI is InChI=1S/C9H12BrN3S/c1-7(4-10)11-5-8-6-13-2-3-14-9(13)12-8/h2-3,6-7,11H,4-5H2,1H3. The fourth-order valence-corrected chi connectivity index (χ4v) is 2.14. The highest BCUT2D eigenvalue weighted by molar-refractivity contribution is 9.09. The Labute approximate surface area is 95.3 Å². The van der Waals surface area contributed by atoms with Crippen molar-refractivity contribution < 1.29 is 0 Å². The maximum atomic E-state index is 4.48. The maximum Gasteiger partial charge on any atom is 0.193 e. The Bertz CT molecular complexity index is 380. The Morgan fingerprint density at radius 3 is 3.29 bits per heavy atom. The number of rotatable bonds is 4. The van der Waals surface area contributed by atoms with Gasteiger partial charge < -0.3 is 5.32 Å². The van der Waals surface area contributed by atoms with E-state index in [0.29, 0.717) is 6.04 Å². The van der Waals surface area contributed by atoms with E-state index in [9.17, 15) is 0 Å². The molecule has 1 N–H and O–H groups in total. The van der Waals surface area contributed by atoms with Crippen molar-refractivity contribution in [1.82, 2.24) is 14.7 Å². The van der Waals surface area contributed by atoms with Crippen LogP contribution in [0.2, 0.25) is 0 Å². The molecule has 0 amide bonds. The SMILES string of the molecule is CC(CBr)NCc1cn2ccsc2n1. The summed E-state index contributed by atoms with van der Waals surface area (Å²) in [7, 11) is 0. The van der Waals surface area contributed by atoms with Crippen molar-refractivity contribution in [3.8, 4) is 0 Å². The van der Waals surface area contributed by atoms with E-state index in [1.165, 1.54) is 0 Å². The monoisotopic (exact) mass is 273 g/mol. The van der Waals surface area contributed by atoms with Crippen LogP contribution < -0.4 is 5.32 Å². The molecule has 1 atom stereocenters. The first kappa shape index (κ1) is 10.1. The van der Waals surface area contributed by atoms with Crippen molar-refractivity contribution in [2.75, 3.05) is 5.33 Å². The molecule has 0 aromatic carbocycles. The highest BCUT2D eigenvalue weighted by Crippen LogP contribution is 2.11. The Kier molecular flexibility index (Phi) is 3.20. The summed E-state index contributed by atoms with van der Waals surface area (Å²) in [5, 5.41) is 6.39. The average Bonchev–Trinajstić information content (AvgIpc) is 2.73. The van der Waals surface area contributed by atoms with Crippen LogP contribution in [0.1, 0.15) is 12.6 Å². The van der Waals surface area contributed by atoms with E-state index in [-0.39, 0.29) is 0 Å². The number of imidazole rings is 1. The molecule has 3 nitrogen and oxygen atoms in total. The van der Waals surface area contributed by atoms with Crippen LogP contribution in [0.5, 0.6) is 0 Å². The highest BCUT2D eigenvalue weighted by atomic mass is 79.9. The van der Waals surface area contributed by atoms with Crippen molar-refractivity contribution in [2.45, 2.75) is 19.5 Å². The second-order valence-corrected chi connectivity index (χ2v) is 4.78. The van der Waals surface area contributed by atoms with Gasteiger partial charge in [-0.05, 0) is 6.92 Å². The predicted octanol–water partition coefficient (Wildman–Crippen LogP) is 2.27. The summed E-state index contributed by atoms with van der Waals surface area (Å²) < 4.78 is 2.06. The number of thiazole rings is 1. The lowest BCUT2D eigenvalue weighted by Gasteiger charge is -2.07. The van der Waals surface area contributed by atoms with Crippen LogP contribution in [-0.2, 0) is 6.54 Å². The largest absolute Gasteiger partial charge is 0.308 e. The van der Waals surface area contributed by atoms with Crippen LogP contribution in [-0.4, -0.2) is 20.8 Å². The van der Waals surface area contributed by atoms with E-state index >= 15 is 0 Å². The smallest absolute Gasteiger partial charge is 0.193 e. The van der Waals surface area contributed by atoms with E-state index in [0.717, 1.165) is 22.5 Å². The Morgan fingerprint density at radius 2 is 2.57 bits per heavy atom. The topological polar surface area (TPSA) is 29.3 Å². The zero-order chi connectivity index (χ0) is 9.97. The number of fused-ring (bicyclic) bond motifs is 1. The van der Waals surface area contributed by atoms with Gasteiger partial charge in [0, 0.05) is 35.7 Å². The molecule has 0 saturated carbocycles. The molecule has 2 heterocycles. The fraction of sp³-hybridized carbons (Fsp3) is 0.444. The summed E-state index contributed by atoms with van der Waals surface area (Å²) in [5.74, 6) is 0. The molecule has 1 unspecified atom stereocenters. The van der Waals surface area contributed by atoms with Crippen molar-refractivity contribution >= 4 is 32.2 Å². The molecule has 0 saturated heterocycles. The molecule has 0 bridgehead atoms. The number of nitrogens with zero attached hydrogens (tertiary/aromatic N) is 2. The number of halogens is 1. The van der Waals surface area contributed by atoms with Gasteiger partial charge in [-0.15, -0.1) is 11.3 Å². The van der Waals surface area contributed by atoms with Crippen LogP contribution in [0.25, 0.3) is 4.96 Å². The number of hydrogen-bond donors (Lipinski definition) is 1. The van der Waals surface area contributed by atoms with E-state index < -0.39 is 0 Å². The van der Waals surface area contributed by atoms with E-state index in [2.05, 4.69) is 43.8 Å². The van der Waals surface area contributed by atoms with Crippen LogP contribution in [0.3, 0.4) is 0 Å². The van der Waals surface area contributed by atoms with Crippen LogP contribution in [0, 0.1) is 0 Å². The number of hydrogen-bond acceptors (Lipinski definition) is 3. The second kappa shape index (κ2) is 4.42. The van der Waals surface area contributed by atoms with E-state index in [4.69, 9.17) is 0 Å². The average molecular weight is 274 g/mol. The summed E-state index contributed by atoms with van der Waals surface area (Å²) in [5.41, 5.74) is 1.10. The summed E-state index contributed by atoms with van der Waals surface area (Å²) in [6, 6.07) is 0.481. The molecule has 2 aromatic heterocycles. The van der Waals surface area contributed by atoms with Gasteiger partial charge in [-0.3, -0.25) is 4.40 Å². The van der Waals surface area contributed by atoms with Crippen LogP contribution in [0.4, 0.5) is 0 Å². The summed E-state index contributed by atoms with van der Waals surface area (Å²) >= 11 is 5.09. The summed E-state index contributed by atoms with van der Waals surface area (Å²) in [6.07, 6.45) is 4.10. The van der Waals surface area contributed by atoms with Gasteiger partial charge in [-0.25, -0.2) is 4.98 Å². The third-order valence-electron chi connectivity index (χ3n) is 2.01. The molecule has 5 heteroatoms. The summed E-state index contributed by atoms with van der Waals surface area (Å²) in [4.78, 5) is 5.55. The van der Waals surface area contributed by atoms with Gasteiger partial charge >= 0.3 is 0 Å². The lowest BCUT2D eigenvalue weighted by Crippen LogP contribution is -2.26. The van der Waals surface area contributed by atoms with Gasteiger partial charge in [-0.2, -0.15) is 0 Å². The molecule has 14 heavy (non-hydrogen) atoms. The van der Waals surface area contributed by atoms with Gasteiger partial charge in [0.15, 0.2) is 4.96 Å². The molecular formula is C9H12BrN3S. The minimum absolute atomic E-state index is 0.481. The first-order chi connectivity index (χ1) is 6.79. The molecule has 2 rings (SSSR count). The Balaban J connectivity index is 2.01. The lowest BCUT2D eigenvalue weighted by molar-refractivity contribution is 0.592. The highest BCUT2D eigenvalue weighted by Gasteiger charge is 2.03. The second-order valence-electron chi connectivity index (χ2n) is 3.26. The van der Waals surface area contributed by atoms with Crippen molar-refractivity contribution in [3.63, 3.8) is 0 Å². The number of alkyl halides is 1. The number of nitrogens with one attached hydrogen (secondary N) is 1. The first-order valence-corrected chi connectivity index (χ1v) is 6.50. The molecular weight excluding hydrogens is 262 g/mol. The Morgan fingerprint density at radius 1 is 1.71 bits per heavy atom. The normalized spacial score (nSPS) is 13.6. The maximum absolute atomic E-state index is 4.48. The minimum atomic E-state index is 0.481. The molecule has 0 aliphatic carbocycles. The third-order valence-corrected chi connectivity index (χ3v) is 3.75. The number of aromatic nitrogens is 2. The van der Waals surface area contributed by atoms with Crippen LogP contribution in [0.15, 0.2) is 17.8 Å². The van der Waals surface area contributed by atoms with Gasteiger partial charge in [0.25, 0.3) is 0 Å². The quantitative estimate of drug-likeness (QED) is 0.867. The molecule has 0 aliphatic heterocycles. The van der Waals surface area contributed by atoms with Crippen molar-refractivity contribution in [3.05, 3.63) is 23.5 Å². The lowest BCUT2D eigenvalue weighted by atomic mass is 10.3. The molecule has 0 spiro atoms. The minimum Gasteiger partial charge on any atom is -0.308 e. The molecule has 0 aliphatic rings. The zero-order valence-electron chi connectivity index (χ0n) is 7.90. The van der Waals surface area contributed by atoms with Gasteiger partial charge in [0.2, 0.25) is 0 Å². The molecule has 76 valence electrons. The first-order valence-electron chi connectivity index (χ1n) is 4.50. The van der Waals surface area contributed by atoms with Crippen molar-refractivity contribution in [2.24, 2.45) is 0 Å². The van der Waals surface area contributed by atoms with Crippen molar-refractivity contribution in [1.29, 1.82) is 0 Å². The third kappa shape index (κ3) is 2.16. The van der Waals surface area contributed by atoms with E-state index in [1.807, 2.05) is 11.6 Å². The fourth-order valence-electron chi connectivity index (χ4n) is 1.19. The molecule has 0 radical (unpaired) electrons. The predicted molar refractivity (Wildman–Crippen MR) is 63.2 cm³/mol. The van der Waals surface area contributed by atoms with E-state index in [1.54, 1.807) is 11.3 Å². The molecule has 0 fully saturated rings. The summed E-state index contributed by atoms with van der Waals surface area (Å²) in [6.45, 7) is 2.98. The zero-order valence-corrected chi connectivity index (χ0v) is 10.3. The van der Waals surface area contributed by atoms with Gasteiger partial charge in [0.05, 0.1) is 5.69 Å². The molecule has 2 aromatic rings. The van der Waals surface area contributed by atoms with Crippen LogP contribution >= 0.6 is 27.3 Å². The van der Waals surface area contributed by atoms with Gasteiger partial charge in [-0.1, -0.05) is 15.9 Å². The van der Waals surface area contributed by atoms with Gasteiger partial charge in [0.1, 0.15) is 0 Å².